The first-order valence-corrected chi connectivity index (χ1v) is 4.19. The van der Waals surface area contributed by atoms with E-state index < -0.39 is 30.4 Å². The predicted octanol–water partition coefficient (Wildman–Crippen LogP) is -1.58. The lowest BCUT2D eigenvalue weighted by Gasteiger charge is -2.24. The molecule has 0 fully saturated rings. The monoisotopic (exact) mass is 218 g/mol. The van der Waals surface area contributed by atoms with Crippen molar-refractivity contribution in [1.29, 1.82) is 0 Å². The number of carbonyl (C=O) groups excluding carboxylic acids is 2. The van der Waals surface area contributed by atoms with Crippen molar-refractivity contribution in [2.45, 2.75) is 13.0 Å². The van der Waals surface area contributed by atoms with E-state index in [-0.39, 0.29) is 6.61 Å². The Kier molecular flexibility index (Phi) is 5.32. The van der Waals surface area contributed by atoms with Gasteiger partial charge in [-0.15, -0.1) is 0 Å². The zero-order chi connectivity index (χ0) is 12.0. The lowest BCUT2D eigenvalue weighted by Crippen LogP contribution is -2.48. The Morgan fingerprint density at radius 3 is 2.33 bits per heavy atom. The van der Waals surface area contributed by atoms with Gasteiger partial charge in [-0.1, -0.05) is 0 Å². The molecule has 0 saturated carbocycles. The number of amides is 2. The number of ether oxygens (including phenoxy) is 1. The number of carbonyl (C=O) groups is 3. The summed E-state index contributed by atoms with van der Waals surface area (Å²) in [5.41, 5.74) is 4.90. The van der Waals surface area contributed by atoms with Crippen LogP contribution in [0.15, 0.2) is 0 Å². The number of aliphatic carboxylic acids is 1. The average Bonchev–Trinajstić information content (AvgIpc) is 2.13. The summed E-state index contributed by atoms with van der Waals surface area (Å²) in [6.07, 6.45) is 0. The Morgan fingerprint density at radius 1 is 1.47 bits per heavy atom. The molecule has 7 heteroatoms. The van der Waals surface area contributed by atoms with Crippen LogP contribution in [-0.2, 0) is 19.1 Å². The molecule has 3 N–H and O–H groups in total. The molecule has 0 aliphatic rings. The normalized spacial score (nSPS) is 11.9. The van der Waals surface area contributed by atoms with Crippen LogP contribution in [0, 0.1) is 0 Å². The minimum Gasteiger partial charge on any atom is -0.480 e. The zero-order valence-electron chi connectivity index (χ0n) is 8.60. The largest absolute Gasteiger partial charge is 0.480 e. The summed E-state index contributed by atoms with van der Waals surface area (Å²) in [5, 5.41) is 8.70. The van der Waals surface area contributed by atoms with E-state index in [9.17, 15) is 14.4 Å². The first kappa shape index (κ1) is 13.4. The molecule has 0 rings (SSSR count). The van der Waals surface area contributed by atoms with Gasteiger partial charge in [0, 0.05) is 7.11 Å². The van der Waals surface area contributed by atoms with Gasteiger partial charge in [-0.2, -0.15) is 0 Å². The molecule has 0 bridgehead atoms. The number of methoxy groups -OCH3 is 1. The quantitative estimate of drug-likeness (QED) is 0.559. The van der Waals surface area contributed by atoms with Crippen molar-refractivity contribution in [2.75, 3.05) is 20.3 Å². The minimum absolute atomic E-state index is 0.287. The van der Waals surface area contributed by atoms with E-state index in [1.165, 1.54) is 14.0 Å². The Morgan fingerprint density at radius 2 is 2.00 bits per heavy atom. The van der Waals surface area contributed by atoms with Crippen molar-refractivity contribution in [3.8, 4) is 0 Å². The molecule has 2 amide bonds. The van der Waals surface area contributed by atoms with Crippen LogP contribution in [0.5, 0.6) is 0 Å². The standard InChI is InChI=1S/C8H14N2O5/c1-5(8(13)14)10(3-6(9)11)7(12)4-15-2/h5H,3-4H2,1-2H3,(H2,9,11)(H,13,14). The third kappa shape index (κ3) is 4.41. The van der Waals surface area contributed by atoms with Crippen LogP contribution in [0.4, 0.5) is 0 Å². The fourth-order valence-electron chi connectivity index (χ4n) is 0.949. The topological polar surface area (TPSA) is 110 Å². The molecule has 1 atom stereocenters. The van der Waals surface area contributed by atoms with Gasteiger partial charge in [0.1, 0.15) is 19.2 Å². The molecule has 15 heavy (non-hydrogen) atoms. The van der Waals surface area contributed by atoms with Crippen molar-refractivity contribution >= 4 is 17.8 Å². The SMILES string of the molecule is COCC(=O)N(CC(N)=O)C(C)C(=O)O. The van der Waals surface area contributed by atoms with Crippen LogP contribution in [0.3, 0.4) is 0 Å². The highest BCUT2D eigenvalue weighted by molar-refractivity contribution is 5.88. The van der Waals surface area contributed by atoms with Crippen molar-refractivity contribution in [3.63, 3.8) is 0 Å². The van der Waals surface area contributed by atoms with Crippen LogP contribution in [0.2, 0.25) is 0 Å². The summed E-state index contributed by atoms with van der Waals surface area (Å²) in [5.74, 6) is -2.57. The van der Waals surface area contributed by atoms with E-state index in [1.54, 1.807) is 0 Å². The van der Waals surface area contributed by atoms with E-state index in [1.807, 2.05) is 0 Å². The van der Waals surface area contributed by atoms with Gasteiger partial charge in [-0.05, 0) is 6.92 Å². The highest BCUT2D eigenvalue weighted by atomic mass is 16.5. The van der Waals surface area contributed by atoms with Crippen LogP contribution >= 0.6 is 0 Å². The highest BCUT2D eigenvalue weighted by Gasteiger charge is 2.26. The van der Waals surface area contributed by atoms with Gasteiger partial charge in [0.25, 0.3) is 0 Å². The van der Waals surface area contributed by atoms with Gasteiger partial charge in [-0.3, -0.25) is 9.59 Å². The number of primary amides is 1. The molecule has 86 valence electrons. The maximum atomic E-state index is 11.4. The Labute approximate surface area is 86.8 Å². The predicted molar refractivity (Wildman–Crippen MR) is 49.9 cm³/mol. The van der Waals surface area contributed by atoms with E-state index in [2.05, 4.69) is 4.74 Å². The molecule has 0 aliphatic carbocycles. The van der Waals surface area contributed by atoms with Crippen LogP contribution in [0.1, 0.15) is 6.92 Å². The number of rotatable bonds is 6. The first-order chi connectivity index (χ1) is 6.90. The van der Waals surface area contributed by atoms with Gasteiger partial charge in [0.05, 0.1) is 0 Å². The molecular formula is C8H14N2O5. The fraction of sp³-hybridized carbons (Fsp3) is 0.625. The minimum atomic E-state index is -1.21. The fourth-order valence-corrected chi connectivity index (χ4v) is 0.949. The lowest BCUT2D eigenvalue weighted by molar-refractivity contribution is -0.152. The zero-order valence-corrected chi connectivity index (χ0v) is 8.60. The van der Waals surface area contributed by atoms with E-state index in [0.717, 1.165) is 4.90 Å². The van der Waals surface area contributed by atoms with E-state index in [4.69, 9.17) is 10.8 Å². The summed E-state index contributed by atoms with van der Waals surface area (Å²) >= 11 is 0. The molecule has 0 aromatic heterocycles. The number of nitrogens with two attached hydrogens (primary N) is 1. The van der Waals surface area contributed by atoms with Crippen molar-refractivity contribution in [2.24, 2.45) is 5.73 Å². The molecule has 0 aromatic carbocycles. The van der Waals surface area contributed by atoms with Crippen molar-refractivity contribution in [1.82, 2.24) is 4.90 Å². The summed E-state index contributed by atoms with van der Waals surface area (Å²) < 4.78 is 4.56. The number of hydrogen-bond donors (Lipinski definition) is 2. The smallest absolute Gasteiger partial charge is 0.326 e. The molecule has 0 radical (unpaired) electrons. The number of nitrogens with zero attached hydrogens (tertiary/aromatic N) is 1. The lowest BCUT2D eigenvalue weighted by atomic mass is 10.2. The van der Waals surface area contributed by atoms with Gasteiger partial charge in [0.15, 0.2) is 0 Å². The molecule has 0 spiro atoms. The summed E-state index contributed by atoms with van der Waals surface area (Å²) in [6, 6.07) is -1.11. The maximum Gasteiger partial charge on any atom is 0.326 e. The molecule has 0 saturated heterocycles. The second kappa shape index (κ2) is 5.97. The number of carboxylic acids is 1. The van der Waals surface area contributed by atoms with Gasteiger partial charge >= 0.3 is 5.97 Å². The van der Waals surface area contributed by atoms with E-state index in [0.29, 0.717) is 0 Å². The third-order valence-corrected chi connectivity index (χ3v) is 1.74. The second-order valence-electron chi connectivity index (χ2n) is 2.94. The average molecular weight is 218 g/mol. The Balaban J connectivity index is 4.63. The van der Waals surface area contributed by atoms with E-state index >= 15 is 0 Å². The highest BCUT2D eigenvalue weighted by Crippen LogP contribution is 2.00. The van der Waals surface area contributed by atoms with Crippen molar-refractivity contribution < 1.29 is 24.2 Å². The number of hydrogen-bond acceptors (Lipinski definition) is 4. The second-order valence-corrected chi connectivity index (χ2v) is 2.94. The van der Waals surface area contributed by atoms with Crippen molar-refractivity contribution in [3.05, 3.63) is 0 Å². The summed E-state index contributed by atoms with van der Waals surface area (Å²) in [6.45, 7) is 0.569. The number of carboxylic acid groups (broad SMARTS) is 1. The third-order valence-electron chi connectivity index (χ3n) is 1.74. The van der Waals surface area contributed by atoms with Gasteiger partial charge in [-0.25, -0.2) is 4.79 Å². The molecule has 0 aromatic rings. The Hall–Kier alpha value is -1.63. The van der Waals surface area contributed by atoms with Crippen LogP contribution in [-0.4, -0.2) is 54.1 Å². The molecule has 0 heterocycles. The van der Waals surface area contributed by atoms with Crippen LogP contribution < -0.4 is 5.73 Å². The summed E-state index contributed by atoms with van der Waals surface area (Å²) in [4.78, 5) is 33.5. The molecule has 7 nitrogen and oxygen atoms in total. The summed E-state index contributed by atoms with van der Waals surface area (Å²) in [7, 11) is 1.30. The van der Waals surface area contributed by atoms with Gasteiger partial charge in [0.2, 0.25) is 11.8 Å². The molecule has 1 unspecified atom stereocenters. The Bertz CT molecular complexity index is 266. The maximum absolute atomic E-state index is 11.4. The van der Waals surface area contributed by atoms with Crippen LogP contribution in [0.25, 0.3) is 0 Å². The van der Waals surface area contributed by atoms with Gasteiger partial charge < -0.3 is 20.5 Å². The molecular weight excluding hydrogens is 204 g/mol. The molecule has 0 aliphatic heterocycles. The first-order valence-electron chi connectivity index (χ1n) is 4.19.